The van der Waals surface area contributed by atoms with Crippen LogP contribution in [0.15, 0.2) is 71.2 Å². The second kappa shape index (κ2) is 19.1. The van der Waals surface area contributed by atoms with Crippen molar-refractivity contribution in [2.45, 2.75) is 83.8 Å². The molecule has 1 fully saturated rings. The minimum atomic E-state index is -1.50. The Labute approximate surface area is 318 Å². The molecule has 3 amide bonds. The number of esters is 1. The summed E-state index contributed by atoms with van der Waals surface area (Å²) in [4.78, 5) is 63.1. The SMILES string of the molecule is CC1=C[C@@H](O)C[C@@H](F)Cc2nc(co2)C(=O)N2CCC[C@@H]2C(=O)O[C@H](C(C)C)[C@H](CC(=O)NCCn2cc(-c3cccnc3N)nn2)/C=C/C(=O)NCC=C1. The molecule has 2 bridgehead atoms. The van der Waals surface area contributed by atoms with Crippen molar-refractivity contribution in [3.8, 4) is 11.3 Å². The number of carbonyl (C=O) groups excluding carboxylic acids is 4. The lowest BCUT2D eigenvalue weighted by Crippen LogP contribution is -2.44. The van der Waals surface area contributed by atoms with Gasteiger partial charge in [-0.15, -0.1) is 5.10 Å². The highest BCUT2D eigenvalue weighted by atomic mass is 19.1. The van der Waals surface area contributed by atoms with Crippen molar-refractivity contribution in [1.29, 1.82) is 0 Å². The van der Waals surface area contributed by atoms with Gasteiger partial charge in [-0.3, -0.25) is 19.1 Å². The molecule has 2 aliphatic heterocycles. The van der Waals surface area contributed by atoms with Crippen LogP contribution in [0.2, 0.25) is 0 Å². The number of ether oxygens (including phenoxy) is 1. The highest BCUT2D eigenvalue weighted by Crippen LogP contribution is 2.27. The average Bonchev–Trinajstić information content (AvgIpc) is 3.92. The molecule has 0 aliphatic carbocycles. The van der Waals surface area contributed by atoms with E-state index in [9.17, 15) is 28.7 Å². The Morgan fingerprint density at radius 1 is 1.22 bits per heavy atom. The fraction of sp³-hybridized carbons (Fsp3) is 0.474. The third-order valence-electron chi connectivity index (χ3n) is 9.24. The minimum absolute atomic E-state index is 0.00941. The summed E-state index contributed by atoms with van der Waals surface area (Å²) in [6.45, 7) is 6.34. The first-order valence-electron chi connectivity index (χ1n) is 18.3. The fourth-order valence-electron chi connectivity index (χ4n) is 6.53. The van der Waals surface area contributed by atoms with E-state index < -0.39 is 48.1 Å². The number of rotatable bonds is 7. The maximum atomic E-state index is 14.8. The van der Waals surface area contributed by atoms with Gasteiger partial charge in [0.05, 0.1) is 25.3 Å². The van der Waals surface area contributed by atoms with Crippen LogP contribution in [0.1, 0.15) is 62.8 Å². The van der Waals surface area contributed by atoms with Crippen LogP contribution in [0.4, 0.5) is 10.2 Å². The number of nitrogens with two attached hydrogens (primary N) is 1. The highest BCUT2D eigenvalue weighted by molar-refractivity contribution is 5.95. The Morgan fingerprint density at radius 3 is 2.82 bits per heavy atom. The number of halogens is 1. The summed E-state index contributed by atoms with van der Waals surface area (Å²) in [5.41, 5.74) is 7.71. The molecule has 1 saturated heterocycles. The van der Waals surface area contributed by atoms with Gasteiger partial charge in [-0.05, 0) is 43.9 Å². The van der Waals surface area contributed by atoms with E-state index in [2.05, 4.69) is 30.9 Å². The zero-order valence-corrected chi connectivity index (χ0v) is 31.1. The molecule has 16 nitrogen and oxygen atoms in total. The Bertz CT molecular complexity index is 1900. The number of hydrogen-bond acceptors (Lipinski definition) is 12. The van der Waals surface area contributed by atoms with E-state index >= 15 is 0 Å². The molecule has 55 heavy (non-hydrogen) atoms. The number of aliphatic hydroxyl groups is 1. The van der Waals surface area contributed by atoms with Crippen molar-refractivity contribution >= 4 is 29.5 Å². The number of pyridine rings is 1. The Morgan fingerprint density at radius 2 is 2.04 bits per heavy atom. The van der Waals surface area contributed by atoms with Crippen LogP contribution in [0.25, 0.3) is 11.3 Å². The number of nitrogen functional groups attached to an aromatic ring is 1. The van der Waals surface area contributed by atoms with E-state index in [-0.39, 0.29) is 62.3 Å². The van der Waals surface area contributed by atoms with Crippen LogP contribution in [-0.4, -0.2) is 103 Å². The van der Waals surface area contributed by atoms with Crippen molar-refractivity contribution in [3.63, 3.8) is 0 Å². The Balaban J connectivity index is 1.32. The number of allylic oxidation sites excluding steroid dienone is 2. The van der Waals surface area contributed by atoms with E-state index in [4.69, 9.17) is 14.9 Å². The molecule has 0 spiro atoms. The molecule has 0 radical (unpaired) electrons. The van der Waals surface area contributed by atoms with E-state index in [1.807, 2.05) is 13.8 Å². The number of hydrogen-bond donors (Lipinski definition) is 4. The average molecular weight is 762 g/mol. The van der Waals surface area contributed by atoms with Gasteiger partial charge in [0.15, 0.2) is 11.6 Å². The van der Waals surface area contributed by atoms with E-state index in [0.717, 1.165) is 6.26 Å². The fourth-order valence-corrected chi connectivity index (χ4v) is 6.53. The number of cyclic esters (lactones) is 1. The van der Waals surface area contributed by atoms with Crippen molar-refractivity contribution in [1.82, 2.24) is 40.5 Å². The number of amides is 3. The summed E-state index contributed by atoms with van der Waals surface area (Å²) in [6, 6.07) is 2.59. The lowest BCUT2D eigenvalue weighted by Gasteiger charge is -2.30. The van der Waals surface area contributed by atoms with Crippen molar-refractivity contribution in [2.75, 3.05) is 25.4 Å². The molecular weight excluding hydrogens is 713 g/mol. The number of nitrogens with one attached hydrogen (secondary N) is 2. The molecule has 5 atom stereocenters. The van der Waals surface area contributed by atoms with Gasteiger partial charge in [0.2, 0.25) is 11.8 Å². The van der Waals surface area contributed by atoms with Gasteiger partial charge in [0.25, 0.3) is 5.91 Å². The van der Waals surface area contributed by atoms with Crippen LogP contribution in [-0.2, 0) is 32.1 Å². The third kappa shape index (κ3) is 11.4. The highest BCUT2D eigenvalue weighted by Gasteiger charge is 2.39. The summed E-state index contributed by atoms with van der Waals surface area (Å²) in [7, 11) is 0. The van der Waals surface area contributed by atoms with Gasteiger partial charge in [0, 0.05) is 50.2 Å². The van der Waals surface area contributed by atoms with Crippen molar-refractivity contribution in [2.24, 2.45) is 11.8 Å². The predicted octanol–water partition coefficient (Wildman–Crippen LogP) is 2.73. The number of oxazole rings is 1. The molecule has 3 aromatic rings. The van der Waals surface area contributed by atoms with Gasteiger partial charge < -0.3 is 35.5 Å². The molecule has 0 saturated carbocycles. The maximum absolute atomic E-state index is 14.8. The van der Waals surface area contributed by atoms with E-state index in [0.29, 0.717) is 42.0 Å². The summed E-state index contributed by atoms with van der Waals surface area (Å²) >= 11 is 0. The van der Waals surface area contributed by atoms with Gasteiger partial charge in [-0.25, -0.2) is 19.2 Å². The first-order valence-corrected chi connectivity index (χ1v) is 18.3. The monoisotopic (exact) mass is 761 g/mol. The molecule has 5 rings (SSSR count). The Hall–Kier alpha value is -5.71. The van der Waals surface area contributed by atoms with Crippen LogP contribution in [0, 0.1) is 11.8 Å². The van der Waals surface area contributed by atoms with Crippen LogP contribution >= 0.6 is 0 Å². The summed E-state index contributed by atoms with van der Waals surface area (Å²) in [6.07, 6.45) is 8.95. The second-order valence-corrected chi connectivity index (χ2v) is 14.0. The largest absolute Gasteiger partial charge is 0.460 e. The number of anilines is 1. The molecule has 5 heterocycles. The zero-order chi connectivity index (χ0) is 39.5. The van der Waals surface area contributed by atoms with Gasteiger partial charge in [-0.2, -0.15) is 0 Å². The van der Waals surface area contributed by atoms with Gasteiger partial charge >= 0.3 is 5.97 Å². The topological polar surface area (TPSA) is 221 Å². The second-order valence-electron chi connectivity index (χ2n) is 14.0. The standard InChI is InChI=1S/C38H48FN9O7/c1-23(2)35-25(18-33(51)42-14-16-47-21-29(45-46-47)28-8-5-13-43-36(28)40)10-11-32(50)41-12-4-7-24(3)17-27(49)19-26(39)20-34-44-30(22-54-34)37(52)48-15-6-9-31(48)38(53)55-35/h4-5,7-8,10-11,13,17,21-23,25-27,31,35,49H,6,9,12,14-16,18-20H2,1-3H3,(H2,40,43)(H,41,50)(H,42,51)/b7-4?,11-10+,24-17?/t25-,26+,27+,31+,35+/m0/s1. The third-order valence-corrected chi connectivity index (χ3v) is 9.24. The normalized spacial score (nSPS) is 23.8. The van der Waals surface area contributed by atoms with Crippen LogP contribution in [0.3, 0.4) is 0 Å². The van der Waals surface area contributed by atoms with Crippen LogP contribution < -0.4 is 16.4 Å². The lowest BCUT2D eigenvalue weighted by atomic mass is 9.89. The summed E-state index contributed by atoms with van der Waals surface area (Å²) < 4.78 is 27.9. The van der Waals surface area contributed by atoms with E-state index in [1.54, 1.807) is 54.4 Å². The molecule has 0 aromatic carbocycles. The molecule has 3 aromatic heterocycles. The molecule has 17 heteroatoms. The zero-order valence-electron chi connectivity index (χ0n) is 31.1. The first-order chi connectivity index (χ1) is 26.4. The quantitative estimate of drug-likeness (QED) is 0.256. The number of aliphatic hydroxyl groups excluding tert-OH is 1. The molecule has 294 valence electrons. The number of aromatic nitrogens is 5. The number of alkyl halides is 1. The van der Waals surface area contributed by atoms with Crippen molar-refractivity contribution < 1.29 is 37.8 Å². The van der Waals surface area contributed by atoms with Crippen molar-refractivity contribution in [3.05, 3.63) is 78.3 Å². The molecule has 5 N–H and O–H groups in total. The molecule has 2 aliphatic rings. The van der Waals surface area contributed by atoms with Gasteiger partial charge in [-0.1, -0.05) is 48.9 Å². The summed E-state index contributed by atoms with van der Waals surface area (Å²) in [5.74, 6) is -2.72. The predicted molar refractivity (Wildman–Crippen MR) is 198 cm³/mol. The first kappa shape index (κ1) is 40.5. The minimum Gasteiger partial charge on any atom is -0.460 e. The lowest BCUT2D eigenvalue weighted by molar-refractivity contribution is -0.159. The Kier molecular flexibility index (Phi) is 14.0. The molecular formula is C38H48FN9O7. The van der Waals surface area contributed by atoms with Crippen LogP contribution in [0.5, 0.6) is 0 Å². The van der Waals surface area contributed by atoms with Gasteiger partial charge in [0.1, 0.15) is 36.1 Å². The maximum Gasteiger partial charge on any atom is 0.329 e. The number of carbonyl (C=O) groups is 4. The number of fused-ring (bicyclic) bond motifs is 3. The number of nitrogens with zero attached hydrogens (tertiary/aromatic N) is 6. The van der Waals surface area contributed by atoms with E-state index in [1.165, 1.54) is 17.1 Å². The summed E-state index contributed by atoms with van der Waals surface area (Å²) in [5, 5.41) is 24.3. The molecule has 0 unspecified atom stereocenters. The smallest absolute Gasteiger partial charge is 0.329 e.